The first-order chi connectivity index (χ1) is 16.9. The minimum Gasteiger partial charge on any atom is -0.484 e. The van der Waals surface area contributed by atoms with Crippen LogP contribution < -0.4 is 31.2 Å². The van der Waals surface area contributed by atoms with Crippen LogP contribution in [0.5, 0.6) is 17.2 Å². The Bertz CT molecular complexity index is 1470. The maximum atomic E-state index is 12.3. The van der Waals surface area contributed by atoms with Crippen LogP contribution >= 0.6 is 0 Å². The number of fused-ring (bicyclic) bond motifs is 1. The topological polar surface area (TPSA) is 142 Å². The molecule has 0 radical (unpaired) electrons. The Morgan fingerprint density at radius 3 is 2.14 bits per heavy atom. The van der Waals surface area contributed by atoms with Gasteiger partial charge in [0, 0.05) is 0 Å². The van der Waals surface area contributed by atoms with Gasteiger partial charge in [0.1, 0.15) is 17.2 Å². The first-order valence-electron chi connectivity index (χ1n) is 10.7. The number of carbonyl (C=O) groups excluding carboxylic acids is 2. The van der Waals surface area contributed by atoms with E-state index in [-0.39, 0.29) is 29.6 Å². The molecular weight excluding hydrogens is 452 g/mol. The van der Waals surface area contributed by atoms with Gasteiger partial charge in [-0.2, -0.15) is 0 Å². The standard InChI is InChI=1S/C25H22N4O6/c1-15-5-7-17(8-6-15)35-18-11-9-16(10-12-18)34-14-22(31)26-13-21(30)27-20-4-2-3-19-23(20)25(33)29-28-24(19)32/h2-12H,13-14H2,1H3,(H,26,31)(H,27,30)(H,28,32)(H,29,33). The Morgan fingerprint density at radius 2 is 1.43 bits per heavy atom. The third kappa shape index (κ3) is 5.93. The van der Waals surface area contributed by atoms with Crippen molar-refractivity contribution in [2.45, 2.75) is 6.92 Å². The predicted molar refractivity (Wildman–Crippen MR) is 130 cm³/mol. The second-order valence-electron chi connectivity index (χ2n) is 7.64. The van der Waals surface area contributed by atoms with E-state index in [9.17, 15) is 19.2 Å². The lowest BCUT2D eigenvalue weighted by Crippen LogP contribution is -2.36. The fraction of sp³-hybridized carbons (Fsp3) is 0.120. The average molecular weight is 474 g/mol. The molecule has 1 heterocycles. The Balaban J connectivity index is 1.26. The lowest BCUT2D eigenvalue weighted by Gasteiger charge is -2.10. The minimum absolute atomic E-state index is 0.0501. The molecule has 3 aromatic carbocycles. The molecule has 1 aromatic heterocycles. The number of nitrogens with one attached hydrogen (secondary N) is 4. The number of hydrogen-bond donors (Lipinski definition) is 4. The highest BCUT2D eigenvalue weighted by molar-refractivity contribution is 6.02. The third-order valence-electron chi connectivity index (χ3n) is 5.00. The molecule has 2 amide bonds. The fourth-order valence-corrected chi connectivity index (χ4v) is 3.25. The number of aromatic amines is 2. The second kappa shape index (κ2) is 10.4. The Hall–Kier alpha value is -4.86. The molecule has 0 atom stereocenters. The molecule has 35 heavy (non-hydrogen) atoms. The van der Waals surface area contributed by atoms with E-state index < -0.39 is 22.9 Å². The molecule has 4 aromatic rings. The van der Waals surface area contributed by atoms with Gasteiger partial charge in [0.2, 0.25) is 5.91 Å². The summed E-state index contributed by atoms with van der Waals surface area (Å²) in [5, 5.41) is 9.60. The van der Waals surface area contributed by atoms with Crippen LogP contribution in [0.4, 0.5) is 5.69 Å². The van der Waals surface area contributed by atoms with E-state index in [0.29, 0.717) is 17.2 Å². The Morgan fingerprint density at radius 1 is 0.800 bits per heavy atom. The van der Waals surface area contributed by atoms with Gasteiger partial charge in [-0.05, 0) is 55.5 Å². The lowest BCUT2D eigenvalue weighted by atomic mass is 10.1. The molecule has 4 N–H and O–H groups in total. The van der Waals surface area contributed by atoms with Crippen molar-refractivity contribution in [1.29, 1.82) is 0 Å². The molecule has 0 fully saturated rings. The molecule has 10 nitrogen and oxygen atoms in total. The zero-order valence-electron chi connectivity index (χ0n) is 18.7. The largest absolute Gasteiger partial charge is 0.484 e. The molecule has 0 aliphatic heterocycles. The van der Waals surface area contributed by atoms with Crippen molar-refractivity contribution < 1.29 is 19.1 Å². The van der Waals surface area contributed by atoms with Crippen LogP contribution in [-0.2, 0) is 9.59 Å². The van der Waals surface area contributed by atoms with Crippen molar-refractivity contribution in [1.82, 2.24) is 15.5 Å². The predicted octanol–water partition coefficient (Wildman–Crippen LogP) is 2.45. The summed E-state index contributed by atoms with van der Waals surface area (Å²) in [6.07, 6.45) is 0. The molecule has 10 heteroatoms. The van der Waals surface area contributed by atoms with E-state index in [1.165, 1.54) is 18.2 Å². The highest BCUT2D eigenvalue weighted by Crippen LogP contribution is 2.24. The number of rotatable bonds is 8. The van der Waals surface area contributed by atoms with Crippen molar-refractivity contribution in [2.75, 3.05) is 18.5 Å². The monoisotopic (exact) mass is 474 g/mol. The molecule has 4 rings (SSSR count). The summed E-state index contributed by atoms with van der Waals surface area (Å²) < 4.78 is 11.2. The van der Waals surface area contributed by atoms with E-state index in [1.54, 1.807) is 24.3 Å². The summed E-state index contributed by atoms with van der Waals surface area (Å²) in [5.41, 5.74) is 0.259. The average Bonchev–Trinajstić information content (AvgIpc) is 2.86. The summed E-state index contributed by atoms with van der Waals surface area (Å²) in [4.78, 5) is 48.3. The van der Waals surface area contributed by atoms with Gasteiger partial charge in [0.15, 0.2) is 6.61 Å². The maximum Gasteiger partial charge on any atom is 0.272 e. The summed E-state index contributed by atoms with van der Waals surface area (Å²) in [6.45, 7) is 1.35. The van der Waals surface area contributed by atoms with Crippen molar-refractivity contribution in [3.63, 3.8) is 0 Å². The minimum atomic E-state index is -0.567. The molecule has 0 saturated carbocycles. The Kier molecular flexibility index (Phi) is 6.91. The molecule has 0 aliphatic rings. The highest BCUT2D eigenvalue weighted by atomic mass is 16.5. The molecule has 0 aliphatic carbocycles. The van der Waals surface area contributed by atoms with E-state index in [4.69, 9.17) is 9.47 Å². The third-order valence-corrected chi connectivity index (χ3v) is 5.00. The number of H-pyrrole nitrogens is 2. The number of amides is 2. The van der Waals surface area contributed by atoms with Crippen LogP contribution in [0, 0.1) is 6.92 Å². The molecule has 0 unspecified atom stereocenters. The second-order valence-corrected chi connectivity index (χ2v) is 7.64. The SMILES string of the molecule is Cc1ccc(Oc2ccc(OCC(=O)NCC(=O)Nc3cccc4c(=O)[nH][nH]c(=O)c34)cc2)cc1. The van der Waals surface area contributed by atoms with Crippen LogP contribution in [0.1, 0.15) is 5.56 Å². The van der Waals surface area contributed by atoms with Gasteiger partial charge >= 0.3 is 0 Å². The number of aromatic nitrogens is 2. The van der Waals surface area contributed by atoms with Crippen LogP contribution in [-0.4, -0.2) is 35.2 Å². The van der Waals surface area contributed by atoms with E-state index in [0.717, 1.165) is 5.56 Å². The van der Waals surface area contributed by atoms with Crippen molar-refractivity contribution in [2.24, 2.45) is 0 Å². The van der Waals surface area contributed by atoms with Gasteiger partial charge in [0.05, 0.1) is 23.0 Å². The molecule has 0 spiro atoms. The number of ether oxygens (including phenoxy) is 2. The molecule has 0 saturated heterocycles. The summed E-state index contributed by atoms with van der Waals surface area (Å²) >= 11 is 0. The highest BCUT2D eigenvalue weighted by Gasteiger charge is 2.12. The van der Waals surface area contributed by atoms with Crippen molar-refractivity contribution >= 4 is 28.3 Å². The number of hydrogen-bond acceptors (Lipinski definition) is 6. The molecule has 178 valence electrons. The number of benzene rings is 3. The van der Waals surface area contributed by atoms with Crippen LogP contribution in [0.25, 0.3) is 10.8 Å². The van der Waals surface area contributed by atoms with Crippen molar-refractivity contribution in [3.05, 3.63) is 93.0 Å². The van der Waals surface area contributed by atoms with Crippen molar-refractivity contribution in [3.8, 4) is 17.2 Å². The molecule has 0 bridgehead atoms. The van der Waals surface area contributed by atoms with E-state index in [1.807, 2.05) is 31.2 Å². The van der Waals surface area contributed by atoms with E-state index in [2.05, 4.69) is 20.8 Å². The number of aryl methyl sites for hydroxylation is 1. The van der Waals surface area contributed by atoms with Crippen LogP contribution in [0.15, 0.2) is 76.3 Å². The lowest BCUT2D eigenvalue weighted by molar-refractivity contribution is -0.125. The first kappa shape index (κ1) is 23.3. The summed E-state index contributed by atoms with van der Waals surface area (Å²) in [5.74, 6) is 0.718. The van der Waals surface area contributed by atoms with Gasteiger partial charge in [-0.25, -0.2) is 0 Å². The van der Waals surface area contributed by atoms with Gasteiger partial charge in [-0.15, -0.1) is 0 Å². The summed E-state index contributed by atoms with van der Waals surface area (Å²) in [6, 6.07) is 18.9. The first-order valence-corrected chi connectivity index (χ1v) is 10.7. The molecular formula is C25H22N4O6. The van der Waals surface area contributed by atoms with Crippen LogP contribution in [0.3, 0.4) is 0 Å². The fourth-order valence-electron chi connectivity index (χ4n) is 3.25. The van der Waals surface area contributed by atoms with Gasteiger partial charge in [0.25, 0.3) is 17.0 Å². The zero-order valence-corrected chi connectivity index (χ0v) is 18.7. The van der Waals surface area contributed by atoms with E-state index >= 15 is 0 Å². The normalized spacial score (nSPS) is 10.5. The quantitative estimate of drug-likeness (QED) is 0.309. The smallest absolute Gasteiger partial charge is 0.272 e. The van der Waals surface area contributed by atoms with Gasteiger partial charge in [-0.3, -0.25) is 29.4 Å². The zero-order chi connectivity index (χ0) is 24.8. The van der Waals surface area contributed by atoms with Gasteiger partial charge in [-0.1, -0.05) is 23.8 Å². The summed E-state index contributed by atoms with van der Waals surface area (Å²) in [7, 11) is 0. The van der Waals surface area contributed by atoms with Crippen LogP contribution in [0.2, 0.25) is 0 Å². The number of carbonyl (C=O) groups is 2. The number of anilines is 1. The maximum absolute atomic E-state index is 12.3. The Labute approximate surface area is 198 Å². The van der Waals surface area contributed by atoms with Gasteiger partial charge < -0.3 is 20.1 Å².